The lowest BCUT2D eigenvalue weighted by atomic mass is 9.91. The van der Waals surface area contributed by atoms with E-state index in [1.807, 2.05) is 0 Å². The molecule has 2 atom stereocenters. The zero-order valence-electron chi connectivity index (χ0n) is 6.98. The molecule has 1 fully saturated rings. The molecule has 0 aliphatic heterocycles. The van der Waals surface area contributed by atoms with Crippen LogP contribution in [0.25, 0.3) is 0 Å². The summed E-state index contributed by atoms with van der Waals surface area (Å²) in [5.74, 6) is 0. The fourth-order valence-electron chi connectivity index (χ4n) is 1.82. The van der Waals surface area contributed by atoms with E-state index in [0.717, 1.165) is 0 Å². The SMILES string of the molecule is C.CN[C@@H]1CCCC[C@H]1NC. The van der Waals surface area contributed by atoms with Crippen LogP contribution in [0.2, 0.25) is 0 Å². The first-order chi connectivity index (χ1) is 4.88. The van der Waals surface area contributed by atoms with Crippen molar-refractivity contribution >= 4 is 0 Å². The van der Waals surface area contributed by atoms with Crippen LogP contribution < -0.4 is 10.6 Å². The largest absolute Gasteiger partial charge is 0.315 e. The number of likely N-dealkylation sites (N-methyl/N-ethyl adjacent to an activating group) is 2. The molecular formula is C9H22N2. The Kier molecular flexibility index (Phi) is 5.51. The second-order valence-corrected chi connectivity index (χ2v) is 3.07. The number of hydrogen-bond acceptors (Lipinski definition) is 2. The van der Waals surface area contributed by atoms with E-state index >= 15 is 0 Å². The van der Waals surface area contributed by atoms with Crippen LogP contribution in [0.3, 0.4) is 0 Å². The van der Waals surface area contributed by atoms with Gasteiger partial charge in [-0.3, -0.25) is 0 Å². The van der Waals surface area contributed by atoms with Crippen LogP contribution in [0.15, 0.2) is 0 Å². The van der Waals surface area contributed by atoms with Crippen molar-refractivity contribution in [1.82, 2.24) is 10.6 Å². The molecule has 68 valence electrons. The summed E-state index contributed by atoms with van der Waals surface area (Å²) in [7, 11) is 4.11. The molecule has 1 aliphatic carbocycles. The minimum atomic E-state index is 0. The first-order valence-electron chi connectivity index (χ1n) is 4.23. The molecule has 0 spiro atoms. The highest BCUT2D eigenvalue weighted by molar-refractivity contribution is 4.83. The molecule has 11 heavy (non-hydrogen) atoms. The third kappa shape index (κ3) is 2.80. The van der Waals surface area contributed by atoms with Crippen LogP contribution in [0.4, 0.5) is 0 Å². The maximum absolute atomic E-state index is 3.34. The van der Waals surface area contributed by atoms with Gasteiger partial charge in [0.25, 0.3) is 0 Å². The summed E-state index contributed by atoms with van der Waals surface area (Å²) in [6.07, 6.45) is 5.46. The average Bonchev–Trinajstić information content (AvgIpc) is 2.04. The third-order valence-corrected chi connectivity index (χ3v) is 2.51. The van der Waals surface area contributed by atoms with Crippen LogP contribution in [-0.2, 0) is 0 Å². The normalized spacial score (nSPS) is 31.1. The van der Waals surface area contributed by atoms with E-state index < -0.39 is 0 Å². The summed E-state index contributed by atoms with van der Waals surface area (Å²) in [5.41, 5.74) is 0. The average molecular weight is 158 g/mol. The Hall–Kier alpha value is -0.0800. The summed E-state index contributed by atoms with van der Waals surface area (Å²) in [4.78, 5) is 0. The van der Waals surface area contributed by atoms with E-state index in [-0.39, 0.29) is 7.43 Å². The predicted molar refractivity (Wildman–Crippen MR) is 50.9 cm³/mol. The number of hydrogen-bond donors (Lipinski definition) is 2. The van der Waals surface area contributed by atoms with Crippen molar-refractivity contribution in [3.8, 4) is 0 Å². The molecule has 1 saturated carbocycles. The maximum atomic E-state index is 3.34. The van der Waals surface area contributed by atoms with Gasteiger partial charge in [0.2, 0.25) is 0 Å². The molecule has 0 radical (unpaired) electrons. The lowest BCUT2D eigenvalue weighted by Gasteiger charge is -2.30. The van der Waals surface area contributed by atoms with Gasteiger partial charge in [0.15, 0.2) is 0 Å². The first kappa shape index (κ1) is 10.9. The second kappa shape index (κ2) is 5.56. The van der Waals surface area contributed by atoms with Crippen LogP contribution in [-0.4, -0.2) is 26.2 Å². The van der Waals surface area contributed by atoms with Gasteiger partial charge in [0.05, 0.1) is 0 Å². The molecule has 1 rings (SSSR count). The van der Waals surface area contributed by atoms with Crippen molar-refractivity contribution in [2.45, 2.75) is 45.2 Å². The topological polar surface area (TPSA) is 24.1 Å². The zero-order chi connectivity index (χ0) is 7.40. The van der Waals surface area contributed by atoms with Gasteiger partial charge in [-0.05, 0) is 26.9 Å². The van der Waals surface area contributed by atoms with E-state index in [2.05, 4.69) is 24.7 Å². The van der Waals surface area contributed by atoms with Gasteiger partial charge in [-0.25, -0.2) is 0 Å². The molecule has 0 aromatic rings. The maximum Gasteiger partial charge on any atom is 0.0218 e. The predicted octanol–water partition coefficient (Wildman–Crippen LogP) is 1.37. The monoisotopic (exact) mass is 158 g/mol. The smallest absolute Gasteiger partial charge is 0.0218 e. The van der Waals surface area contributed by atoms with Crippen LogP contribution in [0.1, 0.15) is 33.1 Å². The van der Waals surface area contributed by atoms with Crippen molar-refractivity contribution < 1.29 is 0 Å². The van der Waals surface area contributed by atoms with Gasteiger partial charge in [-0.2, -0.15) is 0 Å². The van der Waals surface area contributed by atoms with Crippen LogP contribution >= 0.6 is 0 Å². The van der Waals surface area contributed by atoms with Gasteiger partial charge < -0.3 is 10.6 Å². The Morgan fingerprint density at radius 2 is 1.27 bits per heavy atom. The standard InChI is InChI=1S/C8H18N2.CH4/c1-9-7-5-3-4-6-8(7)10-2;/h7-10H,3-6H2,1-2H3;1H4/t7-,8-;/m1./s1. The highest BCUT2D eigenvalue weighted by Gasteiger charge is 2.21. The Morgan fingerprint density at radius 1 is 0.909 bits per heavy atom. The van der Waals surface area contributed by atoms with Gasteiger partial charge in [-0.15, -0.1) is 0 Å². The molecule has 0 saturated heterocycles. The molecule has 0 heterocycles. The molecule has 0 unspecified atom stereocenters. The molecule has 1 aliphatic rings. The van der Waals surface area contributed by atoms with Gasteiger partial charge >= 0.3 is 0 Å². The quantitative estimate of drug-likeness (QED) is 0.634. The third-order valence-electron chi connectivity index (χ3n) is 2.51. The van der Waals surface area contributed by atoms with E-state index in [4.69, 9.17) is 0 Å². The molecule has 0 aromatic carbocycles. The Labute approximate surface area is 70.8 Å². The fourth-order valence-corrected chi connectivity index (χ4v) is 1.82. The minimum absolute atomic E-state index is 0. The Balaban J connectivity index is 0.000001000. The van der Waals surface area contributed by atoms with Crippen LogP contribution in [0.5, 0.6) is 0 Å². The highest BCUT2D eigenvalue weighted by Crippen LogP contribution is 2.17. The second-order valence-electron chi connectivity index (χ2n) is 3.07. The number of rotatable bonds is 2. The van der Waals surface area contributed by atoms with Crippen molar-refractivity contribution in [2.24, 2.45) is 0 Å². The summed E-state index contributed by atoms with van der Waals surface area (Å²) < 4.78 is 0. The first-order valence-corrected chi connectivity index (χ1v) is 4.23. The van der Waals surface area contributed by atoms with Gasteiger partial charge in [-0.1, -0.05) is 20.3 Å². The van der Waals surface area contributed by atoms with E-state index in [1.165, 1.54) is 25.7 Å². The van der Waals surface area contributed by atoms with Crippen molar-refractivity contribution in [3.63, 3.8) is 0 Å². The van der Waals surface area contributed by atoms with E-state index in [1.54, 1.807) is 0 Å². The lowest BCUT2D eigenvalue weighted by molar-refractivity contribution is 0.309. The van der Waals surface area contributed by atoms with Crippen molar-refractivity contribution in [1.29, 1.82) is 0 Å². The van der Waals surface area contributed by atoms with E-state index in [9.17, 15) is 0 Å². The molecule has 0 aromatic heterocycles. The van der Waals surface area contributed by atoms with Crippen molar-refractivity contribution in [2.75, 3.05) is 14.1 Å². The van der Waals surface area contributed by atoms with Gasteiger partial charge in [0, 0.05) is 12.1 Å². The highest BCUT2D eigenvalue weighted by atomic mass is 15.0. The fraction of sp³-hybridized carbons (Fsp3) is 1.00. The van der Waals surface area contributed by atoms with Gasteiger partial charge in [0.1, 0.15) is 0 Å². The molecule has 2 nitrogen and oxygen atoms in total. The molecule has 0 bridgehead atoms. The molecular weight excluding hydrogens is 136 g/mol. The molecule has 2 heteroatoms. The summed E-state index contributed by atoms with van der Waals surface area (Å²) in [5, 5.41) is 6.68. The van der Waals surface area contributed by atoms with E-state index in [0.29, 0.717) is 12.1 Å². The Morgan fingerprint density at radius 3 is 1.55 bits per heavy atom. The molecule has 0 amide bonds. The Bertz CT molecular complexity index is 81.6. The molecule has 2 N–H and O–H groups in total. The lowest BCUT2D eigenvalue weighted by Crippen LogP contribution is -2.47. The summed E-state index contributed by atoms with van der Waals surface area (Å²) in [6, 6.07) is 1.41. The zero-order valence-corrected chi connectivity index (χ0v) is 6.98. The van der Waals surface area contributed by atoms with Crippen LogP contribution in [0, 0.1) is 0 Å². The summed E-state index contributed by atoms with van der Waals surface area (Å²) in [6.45, 7) is 0. The van der Waals surface area contributed by atoms with Crippen molar-refractivity contribution in [3.05, 3.63) is 0 Å². The minimum Gasteiger partial charge on any atom is -0.315 e. The summed E-state index contributed by atoms with van der Waals surface area (Å²) >= 11 is 0. The number of nitrogens with one attached hydrogen (secondary N) is 2.